The summed E-state index contributed by atoms with van der Waals surface area (Å²) in [6, 6.07) is 0. The summed E-state index contributed by atoms with van der Waals surface area (Å²) in [7, 11) is 0. The molecular weight excluding hydrogens is 244 g/mol. The van der Waals surface area contributed by atoms with E-state index >= 15 is 0 Å². The summed E-state index contributed by atoms with van der Waals surface area (Å²) in [6.45, 7) is 5.63. The van der Waals surface area contributed by atoms with Crippen LogP contribution in [0.1, 0.15) is 32.6 Å². The van der Waals surface area contributed by atoms with E-state index in [-0.39, 0.29) is 23.3 Å². The Labute approximate surface area is 113 Å². The van der Waals surface area contributed by atoms with Crippen LogP contribution in [0.5, 0.6) is 0 Å². The van der Waals surface area contributed by atoms with Crippen molar-refractivity contribution in [2.75, 3.05) is 32.8 Å². The van der Waals surface area contributed by atoms with Crippen LogP contribution in [0.15, 0.2) is 0 Å². The van der Waals surface area contributed by atoms with Crippen LogP contribution in [0, 0.1) is 5.41 Å². The fraction of sp³-hybridized carbons (Fsp3) is 0.857. The van der Waals surface area contributed by atoms with Gasteiger partial charge in [-0.1, -0.05) is 0 Å². The Morgan fingerprint density at radius 2 is 1.84 bits per heavy atom. The third-order valence-corrected chi connectivity index (χ3v) is 4.84. The molecule has 2 atom stereocenters. The number of rotatable bonds is 1. The molecule has 0 saturated carbocycles. The van der Waals surface area contributed by atoms with Crippen molar-refractivity contribution in [1.29, 1.82) is 0 Å². The Kier molecular flexibility index (Phi) is 3.25. The number of hydrogen-bond donors (Lipinski definition) is 0. The molecule has 3 heterocycles. The molecule has 1 spiro atoms. The maximum absolute atomic E-state index is 12.3. The van der Waals surface area contributed by atoms with Crippen molar-refractivity contribution in [3.63, 3.8) is 0 Å². The maximum Gasteiger partial charge on any atom is 0.251 e. The van der Waals surface area contributed by atoms with Crippen LogP contribution in [0.25, 0.3) is 0 Å². The average molecular weight is 266 g/mol. The van der Waals surface area contributed by atoms with Crippen molar-refractivity contribution < 1.29 is 14.3 Å². The minimum absolute atomic E-state index is 0.153. The smallest absolute Gasteiger partial charge is 0.251 e. The van der Waals surface area contributed by atoms with Gasteiger partial charge in [-0.3, -0.25) is 9.59 Å². The lowest BCUT2D eigenvalue weighted by Crippen LogP contribution is -2.39. The first kappa shape index (κ1) is 12.9. The highest BCUT2D eigenvalue weighted by Crippen LogP contribution is 2.40. The molecule has 19 heavy (non-hydrogen) atoms. The Hall–Kier alpha value is -1.10. The number of amides is 2. The van der Waals surface area contributed by atoms with E-state index in [4.69, 9.17) is 4.74 Å². The van der Waals surface area contributed by atoms with Crippen molar-refractivity contribution in [2.24, 2.45) is 5.41 Å². The standard InChI is InChI=1S/C14H22N2O3/c1-11(17)15-6-4-14(9-15)5-7-16(10-14)13(18)12-3-2-8-19-12/h12H,2-10H2,1H3. The summed E-state index contributed by atoms with van der Waals surface area (Å²) >= 11 is 0. The van der Waals surface area contributed by atoms with Gasteiger partial charge in [-0.15, -0.1) is 0 Å². The van der Waals surface area contributed by atoms with Gasteiger partial charge >= 0.3 is 0 Å². The zero-order valence-corrected chi connectivity index (χ0v) is 11.6. The molecule has 2 unspecified atom stereocenters. The van der Waals surface area contributed by atoms with Gasteiger partial charge in [0, 0.05) is 45.1 Å². The zero-order chi connectivity index (χ0) is 13.5. The summed E-state index contributed by atoms with van der Waals surface area (Å²) in [5, 5.41) is 0. The number of carbonyl (C=O) groups is 2. The lowest BCUT2D eigenvalue weighted by molar-refractivity contribution is -0.140. The van der Waals surface area contributed by atoms with Crippen molar-refractivity contribution >= 4 is 11.8 Å². The molecule has 3 fully saturated rings. The van der Waals surface area contributed by atoms with Gasteiger partial charge in [0.15, 0.2) is 0 Å². The molecule has 3 aliphatic rings. The quantitative estimate of drug-likeness (QED) is 0.699. The fourth-order valence-corrected chi connectivity index (χ4v) is 3.64. The van der Waals surface area contributed by atoms with Crippen LogP contribution in [-0.4, -0.2) is 60.5 Å². The minimum atomic E-state index is -0.208. The van der Waals surface area contributed by atoms with Crippen molar-refractivity contribution in [3.8, 4) is 0 Å². The van der Waals surface area contributed by atoms with Gasteiger partial charge < -0.3 is 14.5 Å². The van der Waals surface area contributed by atoms with Crippen LogP contribution in [0.4, 0.5) is 0 Å². The third kappa shape index (κ3) is 2.36. The van der Waals surface area contributed by atoms with Crippen molar-refractivity contribution in [3.05, 3.63) is 0 Å². The Morgan fingerprint density at radius 3 is 2.42 bits per heavy atom. The molecule has 5 nitrogen and oxygen atoms in total. The second-order valence-corrected chi connectivity index (χ2v) is 6.20. The SMILES string of the molecule is CC(=O)N1CCC2(CCN(C(=O)C3CCCO3)C2)C1. The molecule has 0 aliphatic carbocycles. The normalized spacial score (nSPS) is 34.5. The zero-order valence-electron chi connectivity index (χ0n) is 11.6. The highest BCUT2D eigenvalue weighted by Gasteiger charge is 2.46. The van der Waals surface area contributed by atoms with E-state index in [1.165, 1.54) is 0 Å². The van der Waals surface area contributed by atoms with Crippen LogP contribution in [0.2, 0.25) is 0 Å². The summed E-state index contributed by atoms with van der Waals surface area (Å²) in [4.78, 5) is 27.6. The Bertz CT molecular complexity index is 392. The minimum Gasteiger partial charge on any atom is -0.368 e. The third-order valence-electron chi connectivity index (χ3n) is 4.84. The van der Waals surface area contributed by atoms with Crippen LogP contribution >= 0.6 is 0 Å². The molecule has 3 rings (SSSR count). The summed E-state index contributed by atoms with van der Waals surface area (Å²) in [5.74, 6) is 0.316. The Balaban J connectivity index is 1.61. The van der Waals surface area contributed by atoms with Gasteiger partial charge in [-0.25, -0.2) is 0 Å². The summed E-state index contributed by atoms with van der Waals surface area (Å²) < 4.78 is 5.48. The average Bonchev–Trinajstić information content (AvgIpc) is 3.11. The second kappa shape index (κ2) is 4.78. The number of likely N-dealkylation sites (tertiary alicyclic amines) is 2. The van der Waals surface area contributed by atoms with E-state index in [9.17, 15) is 9.59 Å². The van der Waals surface area contributed by atoms with E-state index in [0.717, 1.165) is 51.9 Å². The van der Waals surface area contributed by atoms with Gasteiger partial charge in [-0.2, -0.15) is 0 Å². The van der Waals surface area contributed by atoms with Crippen LogP contribution in [0.3, 0.4) is 0 Å². The maximum atomic E-state index is 12.3. The summed E-state index contributed by atoms with van der Waals surface area (Å²) in [5.41, 5.74) is 0.153. The van der Waals surface area contributed by atoms with Crippen molar-refractivity contribution in [1.82, 2.24) is 9.80 Å². The van der Waals surface area contributed by atoms with Gasteiger partial charge in [0.1, 0.15) is 6.10 Å². The predicted octanol–water partition coefficient (Wildman–Crippen LogP) is 0.636. The van der Waals surface area contributed by atoms with Gasteiger partial charge in [0.2, 0.25) is 5.91 Å². The molecule has 106 valence electrons. The first-order valence-corrected chi connectivity index (χ1v) is 7.26. The molecule has 3 aliphatic heterocycles. The lowest BCUT2D eigenvalue weighted by atomic mass is 9.86. The van der Waals surface area contributed by atoms with Crippen LogP contribution in [-0.2, 0) is 14.3 Å². The molecule has 0 aromatic carbocycles. The molecule has 0 aromatic rings. The molecule has 2 amide bonds. The molecule has 0 bridgehead atoms. The highest BCUT2D eigenvalue weighted by atomic mass is 16.5. The van der Waals surface area contributed by atoms with E-state index in [0.29, 0.717) is 6.61 Å². The number of ether oxygens (including phenoxy) is 1. The number of hydrogen-bond acceptors (Lipinski definition) is 3. The van der Waals surface area contributed by atoms with Gasteiger partial charge in [0.25, 0.3) is 5.91 Å². The molecular formula is C14H22N2O3. The monoisotopic (exact) mass is 266 g/mol. The molecule has 3 saturated heterocycles. The van der Waals surface area contributed by atoms with Crippen molar-refractivity contribution in [2.45, 2.75) is 38.7 Å². The lowest BCUT2D eigenvalue weighted by Gasteiger charge is -2.25. The van der Waals surface area contributed by atoms with E-state index in [1.807, 2.05) is 9.80 Å². The second-order valence-electron chi connectivity index (χ2n) is 6.20. The first-order valence-electron chi connectivity index (χ1n) is 7.26. The van der Waals surface area contributed by atoms with E-state index in [2.05, 4.69) is 0 Å². The van der Waals surface area contributed by atoms with Gasteiger partial charge in [-0.05, 0) is 25.7 Å². The Morgan fingerprint density at radius 1 is 1.16 bits per heavy atom. The van der Waals surface area contributed by atoms with E-state index < -0.39 is 0 Å². The first-order chi connectivity index (χ1) is 9.10. The number of carbonyl (C=O) groups excluding carboxylic acids is 2. The topological polar surface area (TPSA) is 49.9 Å². The van der Waals surface area contributed by atoms with E-state index in [1.54, 1.807) is 6.92 Å². The highest BCUT2D eigenvalue weighted by molar-refractivity contribution is 5.81. The fourth-order valence-electron chi connectivity index (χ4n) is 3.64. The molecule has 0 radical (unpaired) electrons. The predicted molar refractivity (Wildman–Crippen MR) is 69.5 cm³/mol. The largest absolute Gasteiger partial charge is 0.368 e. The molecule has 0 N–H and O–H groups in total. The van der Waals surface area contributed by atoms with Crippen LogP contribution < -0.4 is 0 Å². The molecule has 5 heteroatoms. The number of nitrogens with zero attached hydrogens (tertiary/aromatic N) is 2. The molecule has 0 aromatic heterocycles. The van der Waals surface area contributed by atoms with Gasteiger partial charge in [0.05, 0.1) is 0 Å². The summed E-state index contributed by atoms with van der Waals surface area (Å²) in [6.07, 6.45) is 3.70.